The molecule has 3 N–H and O–H groups in total. The van der Waals surface area contributed by atoms with Gasteiger partial charge in [0.2, 0.25) is 5.91 Å². The van der Waals surface area contributed by atoms with Gasteiger partial charge in [0.15, 0.2) is 0 Å². The van der Waals surface area contributed by atoms with Gasteiger partial charge < -0.3 is 16.0 Å². The quantitative estimate of drug-likeness (QED) is 0.884. The minimum Gasteiger partial charge on any atom is -0.378 e. The standard InChI is InChI=1S/C16H25N3O/c1-19(2)14-8-6-13(7-9-14)12-18-15(20)16(17)10-4-3-5-11-16/h6-9H,3-5,10-12,17H2,1-2H3,(H,18,20). The molecule has 1 aliphatic rings. The maximum atomic E-state index is 12.2. The Morgan fingerprint density at radius 3 is 2.35 bits per heavy atom. The van der Waals surface area contributed by atoms with Gasteiger partial charge >= 0.3 is 0 Å². The summed E-state index contributed by atoms with van der Waals surface area (Å²) in [6.07, 6.45) is 4.91. The summed E-state index contributed by atoms with van der Waals surface area (Å²) >= 11 is 0. The fraction of sp³-hybridized carbons (Fsp3) is 0.562. The first-order valence-electron chi connectivity index (χ1n) is 7.35. The van der Waals surface area contributed by atoms with Gasteiger partial charge in [-0.15, -0.1) is 0 Å². The smallest absolute Gasteiger partial charge is 0.240 e. The molecule has 0 unspecified atom stereocenters. The molecule has 0 aromatic heterocycles. The van der Waals surface area contributed by atoms with Gasteiger partial charge in [0.05, 0.1) is 5.54 Å². The number of carbonyl (C=O) groups is 1. The zero-order valence-electron chi connectivity index (χ0n) is 12.5. The third-order valence-electron chi connectivity index (χ3n) is 4.10. The van der Waals surface area contributed by atoms with Gasteiger partial charge in [-0.05, 0) is 30.5 Å². The molecule has 4 nitrogen and oxygen atoms in total. The fourth-order valence-electron chi connectivity index (χ4n) is 2.68. The zero-order valence-corrected chi connectivity index (χ0v) is 12.5. The molecule has 0 radical (unpaired) electrons. The van der Waals surface area contributed by atoms with E-state index in [1.54, 1.807) is 0 Å². The summed E-state index contributed by atoms with van der Waals surface area (Å²) in [6.45, 7) is 0.547. The largest absolute Gasteiger partial charge is 0.378 e. The molecular weight excluding hydrogens is 250 g/mol. The van der Waals surface area contributed by atoms with Gasteiger partial charge in [-0.3, -0.25) is 4.79 Å². The van der Waals surface area contributed by atoms with Crippen molar-refractivity contribution in [2.45, 2.75) is 44.2 Å². The van der Waals surface area contributed by atoms with Gasteiger partial charge in [-0.25, -0.2) is 0 Å². The Kier molecular flexibility index (Phi) is 4.65. The van der Waals surface area contributed by atoms with Gasteiger partial charge in [0.25, 0.3) is 0 Å². The number of hydrogen-bond donors (Lipinski definition) is 2. The molecule has 4 heteroatoms. The second kappa shape index (κ2) is 6.27. The minimum atomic E-state index is -0.651. The van der Waals surface area contributed by atoms with Crippen molar-refractivity contribution in [3.05, 3.63) is 29.8 Å². The molecule has 1 aromatic rings. The summed E-state index contributed by atoms with van der Waals surface area (Å²) in [4.78, 5) is 14.3. The lowest BCUT2D eigenvalue weighted by Crippen LogP contribution is -2.54. The second-order valence-electron chi connectivity index (χ2n) is 5.96. The van der Waals surface area contributed by atoms with E-state index in [1.807, 2.05) is 26.2 Å². The van der Waals surface area contributed by atoms with Gasteiger partial charge in [0.1, 0.15) is 0 Å². The molecule has 0 saturated heterocycles. The van der Waals surface area contributed by atoms with E-state index in [-0.39, 0.29) is 5.91 Å². The number of rotatable bonds is 4. The molecule has 0 spiro atoms. The first-order valence-corrected chi connectivity index (χ1v) is 7.35. The number of nitrogens with two attached hydrogens (primary N) is 1. The average Bonchev–Trinajstić information content (AvgIpc) is 2.46. The second-order valence-corrected chi connectivity index (χ2v) is 5.96. The molecule has 1 aromatic carbocycles. The molecule has 20 heavy (non-hydrogen) atoms. The van der Waals surface area contributed by atoms with Crippen molar-refractivity contribution in [1.82, 2.24) is 5.32 Å². The maximum absolute atomic E-state index is 12.2. The summed E-state index contributed by atoms with van der Waals surface area (Å²) in [6, 6.07) is 8.19. The highest BCUT2D eigenvalue weighted by atomic mass is 16.2. The van der Waals surface area contributed by atoms with E-state index < -0.39 is 5.54 Å². The molecular formula is C16H25N3O. The lowest BCUT2D eigenvalue weighted by Gasteiger charge is -2.31. The summed E-state index contributed by atoms with van der Waals surface area (Å²) < 4.78 is 0. The summed E-state index contributed by atoms with van der Waals surface area (Å²) in [5.41, 5.74) is 7.82. The van der Waals surface area contributed by atoms with Crippen LogP contribution in [0.25, 0.3) is 0 Å². The Labute approximate surface area is 121 Å². The number of benzene rings is 1. The Morgan fingerprint density at radius 1 is 1.20 bits per heavy atom. The Balaban J connectivity index is 1.89. The number of carbonyl (C=O) groups excluding carboxylic acids is 1. The lowest BCUT2D eigenvalue weighted by atomic mass is 9.82. The first-order chi connectivity index (χ1) is 9.51. The SMILES string of the molecule is CN(C)c1ccc(CNC(=O)C2(N)CCCCC2)cc1. The van der Waals surface area contributed by atoms with E-state index in [2.05, 4.69) is 22.3 Å². The molecule has 1 fully saturated rings. The van der Waals surface area contributed by atoms with Crippen LogP contribution >= 0.6 is 0 Å². The topological polar surface area (TPSA) is 58.4 Å². The number of amides is 1. The van der Waals surface area contributed by atoms with E-state index in [4.69, 9.17) is 5.73 Å². The predicted octanol–water partition coefficient (Wildman–Crippen LogP) is 2.03. The van der Waals surface area contributed by atoms with Crippen LogP contribution in [0.4, 0.5) is 5.69 Å². The summed E-state index contributed by atoms with van der Waals surface area (Å²) in [7, 11) is 4.02. The molecule has 1 saturated carbocycles. The van der Waals surface area contributed by atoms with E-state index >= 15 is 0 Å². The zero-order chi connectivity index (χ0) is 14.6. The molecule has 1 amide bonds. The molecule has 0 heterocycles. The van der Waals surface area contributed by atoms with Crippen molar-refractivity contribution in [2.75, 3.05) is 19.0 Å². The molecule has 0 atom stereocenters. The van der Waals surface area contributed by atoms with E-state index in [9.17, 15) is 4.79 Å². The lowest BCUT2D eigenvalue weighted by molar-refractivity contribution is -0.127. The van der Waals surface area contributed by atoms with Crippen LogP contribution in [0.1, 0.15) is 37.7 Å². The fourth-order valence-corrected chi connectivity index (χ4v) is 2.68. The molecule has 110 valence electrons. The van der Waals surface area contributed by atoms with Gasteiger partial charge in [-0.2, -0.15) is 0 Å². The van der Waals surface area contributed by atoms with Crippen LogP contribution in [0.15, 0.2) is 24.3 Å². The van der Waals surface area contributed by atoms with Crippen molar-refractivity contribution in [1.29, 1.82) is 0 Å². The first kappa shape index (κ1) is 14.9. The van der Waals surface area contributed by atoms with Crippen molar-refractivity contribution in [3.63, 3.8) is 0 Å². The highest BCUT2D eigenvalue weighted by Gasteiger charge is 2.34. The van der Waals surface area contributed by atoms with Crippen LogP contribution in [-0.4, -0.2) is 25.5 Å². The Bertz CT molecular complexity index is 447. The molecule has 0 bridgehead atoms. The van der Waals surface area contributed by atoms with Crippen LogP contribution in [-0.2, 0) is 11.3 Å². The van der Waals surface area contributed by atoms with Gasteiger partial charge in [-0.1, -0.05) is 31.4 Å². The monoisotopic (exact) mass is 275 g/mol. The van der Waals surface area contributed by atoms with Crippen LogP contribution in [0.2, 0.25) is 0 Å². The van der Waals surface area contributed by atoms with Crippen molar-refractivity contribution in [2.24, 2.45) is 5.73 Å². The van der Waals surface area contributed by atoms with E-state index in [0.29, 0.717) is 6.54 Å². The van der Waals surface area contributed by atoms with Crippen LogP contribution in [0, 0.1) is 0 Å². The number of nitrogens with one attached hydrogen (secondary N) is 1. The normalized spacial score (nSPS) is 17.6. The maximum Gasteiger partial charge on any atom is 0.240 e. The highest BCUT2D eigenvalue weighted by molar-refractivity contribution is 5.86. The van der Waals surface area contributed by atoms with Crippen molar-refractivity contribution >= 4 is 11.6 Å². The molecule has 1 aliphatic carbocycles. The predicted molar refractivity (Wildman–Crippen MR) is 82.6 cm³/mol. The average molecular weight is 275 g/mol. The third-order valence-corrected chi connectivity index (χ3v) is 4.10. The number of anilines is 1. The van der Waals surface area contributed by atoms with Crippen LogP contribution in [0.5, 0.6) is 0 Å². The van der Waals surface area contributed by atoms with Crippen molar-refractivity contribution in [3.8, 4) is 0 Å². The van der Waals surface area contributed by atoms with E-state index in [1.165, 1.54) is 6.42 Å². The van der Waals surface area contributed by atoms with E-state index in [0.717, 1.165) is 36.9 Å². The minimum absolute atomic E-state index is 0.00566. The molecule has 2 rings (SSSR count). The van der Waals surface area contributed by atoms with Crippen molar-refractivity contribution < 1.29 is 4.79 Å². The Hall–Kier alpha value is -1.55. The third kappa shape index (κ3) is 3.51. The summed E-state index contributed by atoms with van der Waals surface area (Å²) in [5.74, 6) is -0.00566. The highest BCUT2D eigenvalue weighted by Crippen LogP contribution is 2.26. The number of nitrogens with zero attached hydrogens (tertiary/aromatic N) is 1. The number of hydrogen-bond acceptors (Lipinski definition) is 3. The summed E-state index contributed by atoms with van der Waals surface area (Å²) in [5, 5.41) is 2.98. The Morgan fingerprint density at radius 2 is 1.80 bits per heavy atom. The molecule has 0 aliphatic heterocycles. The van der Waals surface area contributed by atoms with Crippen LogP contribution < -0.4 is 16.0 Å². The van der Waals surface area contributed by atoms with Gasteiger partial charge in [0, 0.05) is 26.3 Å². The van der Waals surface area contributed by atoms with Crippen LogP contribution in [0.3, 0.4) is 0 Å².